The summed E-state index contributed by atoms with van der Waals surface area (Å²) in [4.78, 5) is 0. The molecule has 0 aromatic carbocycles. The third-order valence-corrected chi connectivity index (χ3v) is 2.17. The van der Waals surface area contributed by atoms with Crippen LogP contribution in [0.2, 0.25) is 0 Å². The van der Waals surface area contributed by atoms with E-state index in [1.54, 1.807) is 13.1 Å². The number of alkyl halides is 1. The maximum Gasteiger partial charge on any atom is 0.164 e. The summed E-state index contributed by atoms with van der Waals surface area (Å²) in [5.41, 5.74) is 1.18. The fraction of sp³-hybridized carbons (Fsp3) is 0.700. The van der Waals surface area contributed by atoms with Crippen molar-refractivity contribution in [3.8, 4) is 0 Å². The van der Waals surface area contributed by atoms with E-state index in [2.05, 4.69) is 5.10 Å². The smallest absolute Gasteiger partial charge is 0.164 e. The Kier molecular flexibility index (Phi) is 2.95. The van der Waals surface area contributed by atoms with E-state index in [-0.39, 0.29) is 5.41 Å². The first-order chi connectivity index (χ1) is 6.36. The minimum atomic E-state index is -1.34. The number of aliphatic hydroxyl groups excluding tert-OH is 1. The van der Waals surface area contributed by atoms with Crippen LogP contribution in [-0.2, 0) is 12.5 Å². The van der Waals surface area contributed by atoms with E-state index >= 15 is 0 Å². The van der Waals surface area contributed by atoms with Crippen LogP contribution in [0.25, 0.3) is 0 Å². The average Bonchev–Trinajstić information content (AvgIpc) is 2.45. The lowest BCUT2D eigenvalue weighted by Crippen LogP contribution is -2.12. The highest BCUT2D eigenvalue weighted by atomic mass is 19.1. The Hall–Kier alpha value is -0.900. The molecule has 0 aliphatic heterocycles. The summed E-state index contributed by atoms with van der Waals surface area (Å²) in [6.07, 6.45) is -1.34. The molecule has 80 valence electrons. The quantitative estimate of drug-likeness (QED) is 0.789. The average molecular weight is 200 g/mol. The van der Waals surface area contributed by atoms with Crippen LogP contribution in [0.1, 0.15) is 38.3 Å². The molecule has 0 fully saturated rings. The molecule has 14 heavy (non-hydrogen) atoms. The molecular weight excluding hydrogens is 183 g/mol. The van der Waals surface area contributed by atoms with E-state index in [0.717, 1.165) is 5.69 Å². The first-order valence-electron chi connectivity index (χ1n) is 4.65. The van der Waals surface area contributed by atoms with Crippen molar-refractivity contribution >= 4 is 0 Å². The number of nitrogens with zero attached hydrogens (tertiary/aromatic N) is 2. The second kappa shape index (κ2) is 3.69. The van der Waals surface area contributed by atoms with Crippen LogP contribution in [0.15, 0.2) is 6.07 Å². The number of hydrogen-bond acceptors (Lipinski definition) is 2. The summed E-state index contributed by atoms with van der Waals surface area (Å²) in [6, 6.07) is 1.71. The fourth-order valence-electron chi connectivity index (χ4n) is 1.23. The van der Waals surface area contributed by atoms with Crippen LogP contribution in [-0.4, -0.2) is 21.5 Å². The maximum atomic E-state index is 13.2. The summed E-state index contributed by atoms with van der Waals surface area (Å²) in [7, 11) is 1.69. The van der Waals surface area contributed by atoms with Crippen LogP contribution in [0.3, 0.4) is 0 Å². The summed E-state index contributed by atoms with van der Waals surface area (Å²) in [6.45, 7) is 5.56. The summed E-state index contributed by atoms with van der Waals surface area (Å²) in [5, 5.41) is 12.9. The van der Waals surface area contributed by atoms with E-state index in [9.17, 15) is 4.39 Å². The normalized spacial score (nSPS) is 14.4. The lowest BCUT2D eigenvalue weighted by Gasteiger charge is -2.13. The van der Waals surface area contributed by atoms with E-state index in [1.807, 2.05) is 20.8 Å². The van der Waals surface area contributed by atoms with Gasteiger partial charge in [-0.25, -0.2) is 4.39 Å². The van der Waals surface area contributed by atoms with E-state index in [0.29, 0.717) is 5.69 Å². The van der Waals surface area contributed by atoms with Gasteiger partial charge in [0.15, 0.2) is 6.17 Å². The molecule has 1 N–H and O–H groups in total. The van der Waals surface area contributed by atoms with Crippen molar-refractivity contribution < 1.29 is 9.50 Å². The highest BCUT2D eigenvalue weighted by Gasteiger charge is 2.22. The summed E-state index contributed by atoms with van der Waals surface area (Å²) >= 11 is 0. The van der Waals surface area contributed by atoms with Crippen molar-refractivity contribution in [3.63, 3.8) is 0 Å². The van der Waals surface area contributed by atoms with Gasteiger partial charge in [-0.05, 0) is 6.07 Å². The topological polar surface area (TPSA) is 38.0 Å². The minimum Gasteiger partial charge on any atom is -0.393 e. The van der Waals surface area contributed by atoms with Gasteiger partial charge in [-0.1, -0.05) is 20.8 Å². The molecule has 0 aliphatic carbocycles. The van der Waals surface area contributed by atoms with Crippen molar-refractivity contribution in [1.82, 2.24) is 9.78 Å². The van der Waals surface area contributed by atoms with Gasteiger partial charge in [0.2, 0.25) is 0 Å². The molecule has 0 bridgehead atoms. The third kappa shape index (κ3) is 2.12. The van der Waals surface area contributed by atoms with Gasteiger partial charge in [-0.2, -0.15) is 5.10 Å². The highest BCUT2D eigenvalue weighted by molar-refractivity contribution is 5.19. The van der Waals surface area contributed by atoms with Gasteiger partial charge >= 0.3 is 0 Å². The third-order valence-electron chi connectivity index (χ3n) is 2.17. The molecule has 0 saturated carbocycles. The molecule has 0 radical (unpaired) electrons. The van der Waals surface area contributed by atoms with Crippen LogP contribution in [0.4, 0.5) is 4.39 Å². The van der Waals surface area contributed by atoms with Crippen LogP contribution >= 0.6 is 0 Å². The van der Waals surface area contributed by atoms with Crippen LogP contribution in [0, 0.1) is 0 Å². The Morgan fingerprint density at radius 2 is 2.14 bits per heavy atom. The van der Waals surface area contributed by atoms with Crippen molar-refractivity contribution in [2.75, 3.05) is 6.61 Å². The molecule has 0 saturated heterocycles. The number of aromatic nitrogens is 2. The fourth-order valence-corrected chi connectivity index (χ4v) is 1.23. The van der Waals surface area contributed by atoms with Crippen molar-refractivity contribution in [1.29, 1.82) is 0 Å². The molecule has 1 rings (SSSR count). The zero-order valence-electron chi connectivity index (χ0n) is 9.08. The molecular formula is C10H17FN2O. The lowest BCUT2D eigenvalue weighted by molar-refractivity contribution is 0.173. The zero-order chi connectivity index (χ0) is 10.9. The predicted molar refractivity (Wildman–Crippen MR) is 52.8 cm³/mol. The first kappa shape index (κ1) is 11.2. The molecule has 0 spiro atoms. The Balaban J connectivity index is 3.05. The molecule has 1 aromatic heterocycles. The van der Waals surface area contributed by atoms with Gasteiger partial charge in [0.25, 0.3) is 0 Å². The monoisotopic (exact) mass is 200 g/mol. The number of halogens is 1. The number of aliphatic hydroxyl groups is 1. The van der Waals surface area contributed by atoms with Crippen molar-refractivity contribution in [2.24, 2.45) is 7.05 Å². The Labute approximate surface area is 83.6 Å². The number of hydrogen-bond donors (Lipinski definition) is 1. The number of rotatable bonds is 2. The van der Waals surface area contributed by atoms with Gasteiger partial charge in [0.1, 0.15) is 0 Å². The molecule has 1 aromatic rings. The Bertz CT molecular complexity index is 314. The zero-order valence-corrected chi connectivity index (χ0v) is 9.08. The molecule has 4 heteroatoms. The predicted octanol–water partition coefficient (Wildman–Crippen LogP) is 1.72. The van der Waals surface area contributed by atoms with Gasteiger partial charge in [-0.15, -0.1) is 0 Å². The minimum absolute atomic E-state index is 0.0921. The molecule has 1 heterocycles. The summed E-state index contributed by atoms with van der Waals surface area (Å²) < 4.78 is 14.7. The largest absolute Gasteiger partial charge is 0.393 e. The van der Waals surface area contributed by atoms with E-state index in [1.165, 1.54) is 4.68 Å². The standard InChI is InChI=1S/C10H17FN2O/c1-10(2,3)9-5-8(7(11)6-14)13(4)12-9/h5,7,14H,6H2,1-4H3. The Morgan fingerprint density at radius 1 is 1.57 bits per heavy atom. The SMILES string of the molecule is Cn1nc(C(C)(C)C)cc1C(F)CO. The molecule has 3 nitrogen and oxygen atoms in total. The lowest BCUT2D eigenvalue weighted by atomic mass is 9.92. The highest BCUT2D eigenvalue weighted by Crippen LogP contribution is 2.25. The Morgan fingerprint density at radius 3 is 2.50 bits per heavy atom. The second-order valence-electron chi connectivity index (χ2n) is 4.48. The summed E-state index contributed by atoms with van der Waals surface area (Å²) in [5.74, 6) is 0. The van der Waals surface area contributed by atoms with E-state index in [4.69, 9.17) is 5.11 Å². The number of aryl methyl sites for hydroxylation is 1. The van der Waals surface area contributed by atoms with Crippen molar-refractivity contribution in [2.45, 2.75) is 32.4 Å². The van der Waals surface area contributed by atoms with Crippen molar-refractivity contribution in [3.05, 3.63) is 17.5 Å². The van der Waals surface area contributed by atoms with Gasteiger partial charge in [0, 0.05) is 12.5 Å². The second-order valence-corrected chi connectivity index (χ2v) is 4.48. The molecule has 0 aliphatic rings. The molecule has 0 amide bonds. The molecule has 1 atom stereocenters. The van der Waals surface area contributed by atoms with Gasteiger partial charge in [-0.3, -0.25) is 4.68 Å². The first-order valence-corrected chi connectivity index (χ1v) is 4.65. The van der Waals surface area contributed by atoms with Crippen LogP contribution < -0.4 is 0 Å². The maximum absolute atomic E-state index is 13.2. The van der Waals surface area contributed by atoms with E-state index < -0.39 is 12.8 Å². The van der Waals surface area contributed by atoms with Crippen LogP contribution in [0.5, 0.6) is 0 Å². The molecule has 1 unspecified atom stereocenters. The van der Waals surface area contributed by atoms with Gasteiger partial charge < -0.3 is 5.11 Å². The van der Waals surface area contributed by atoms with Gasteiger partial charge in [0.05, 0.1) is 18.0 Å².